The van der Waals surface area contributed by atoms with Crippen LogP contribution < -0.4 is 68.9 Å². The van der Waals surface area contributed by atoms with Crippen molar-refractivity contribution < 1.29 is 73.4 Å². The van der Waals surface area contributed by atoms with Crippen molar-refractivity contribution in [3.8, 4) is 0 Å². The third kappa shape index (κ3) is 24.3. The molecule has 0 amide bonds. The van der Waals surface area contributed by atoms with Crippen molar-refractivity contribution in [1.82, 2.24) is 0 Å². The molecule has 3 heteroatoms. The molecule has 0 N–H and O–H groups in total. The Kier molecular flexibility index (Phi) is 33.6. The van der Waals surface area contributed by atoms with Gasteiger partial charge in [-0.2, -0.15) is 0 Å². The number of nitrogens with zero attached hydrogens (tertiary/aromatic N) is 1. The van der Waals surface area contributed by atoms with E-state index in [4.69, 9.17) is 0 Å². The second kappa shape index (κ2) is 27.1. The molecule has 0 rings (SSSR count). The van der Waals surface area contributed by atoms with Crippen LogP contribution in [0.3, 0.4) is 0 Å². The molecule has 166 valence electrons. The van der Waals surface area contributed by atoms with Crippen molar-refractivity contribution in [1.29, 1.82) is 0 Å². The SMILES string of the molecule is CCCCCCCC[N+](C)(CCCCCCCC)CCCCCCCC.[BH4-].[Cs+]. The fourth-order valence-electron chi connectivity index (χ4n) is 4.16. The summed E-state index contributed by atoms with van der Waals surface area (Å²) in [6.45, 7) is 11.2. The van der Waals surface area contributed by atoms with Crippen molar-refractivity contribution in [3.05, 3.63) is 0 Å². The van der Waals surface area contributed by atoms with Gasteiger partial charge >= 0.3 is 68.9 Å². The first kappa shape index (κ1) is 34.7. The van der Waals surface area contributed by atoms with E-state index >= 15 is 0 Å². The standard InChI is InChI=1S/C25H54N.BH4.Cs/c1-5-8-11-14-17-20-23-26(4,24-21-18-15-12-9-6-2)25-22-19-16-13-10-7-3;;/h5-25H2,1-4H3;1H4;/q+1;-1;+1. The van der Waals surface area contributed by atoms with Crippen LogP contribution in [0.4, 0.5) is 0 Å². The molecule has 0 aromatic carbocycles. The quantitative estimate of drug-likeness (QED) is 0.123. The number of quaternary nitrogens is 1. The van der Waals surface area contributed by atoms with E-state index in [9.17, 15) is 0 Å². The van der Waals surface area contributed by atoms with Crippen molar-refractivity contribution in [3.63, 3.8) is 0 Å². The molecule has 28 heavy (non-hydrogen) atoms. The fourth-order valence-corrected chi connectivity index (χ4v) is 4.16. The molecule has 0 spiro atoms. The molecule has 0 aromatic heterocycles. The average molecular weight is 516 g/mol. The zero-order valence-corrected chi connectivity index (χ0v) is 26.6. The first-order chi connectivity index (χ1) is 12.7. The van der Waals surface area contributed by atoms with E-state index in [0.717, 1.165) is 0 Å². The summed E-state index contributed by atoms with van der Waals surface area (Å²) >= 11 is 0. The summed E-state index contributed by atoms with van der Waals surface area (Å²) in [5.41, 5.74) is 0. The molecule has 0 bridgehead atoms. The summed E-state index contributed by atoms with van der Waals surface area (Å²) in [5.74, 6) is 0. The Morgan fingerprint density at radius 2 is 0.607 bits per heavy atom. The number of unbranched alkanes of at least 4 members (excludes halogenated alkanes) is 15. The molecule has 0 aliphatic carbocycles. The molecule has 0 saturated carbocycles. The molecule has 0 aliphatic rings. The summed E-state index contributed by atoms with van der Waals surface area (Å²) in [4.78, 5) is 0. The predicted molar refractivity (Wildman–Crippen MR) is 132 cm³/mol. The fraction of sp³-hybridized carbons (Fsp3) is 1.00. The smallest absolute Gasteiger partial charge is 0.326 e. The molecule has 0 heterocycles. The first-order valence-corrected chi connectivity index (χ1v) is 12.5. The molecule has 0 unspecified atom stereocenters. The van der Waals surface area contributed by atoms with Gasteiger partial charge in [0.15, 0.2) is 0 Å². The van der Waals surface area contributed by atoms with Crippen LogP contribution in [-0.4, -0.2) is 39.6 Å². The van der Waals surface area contributed by atoms with Gasteiger partial charge in [-0.1, -0.05) is 106 Å². The number of hydrogen-bond donors (Lipinski definition) is 0. The Hall–Kier alpha value is 2.08. The zero-order valence-electron chi connectivity index (χ0n) is 20.3. The first-order valence-electron chi connectivity index (χ1n) is 12.5. The van der Waals surface area contributed by atoms with Gasteiger partial charge in [0.2, 0.25) is 0 Å². The maximum atomic E-state index is 2.56. The van der Waals surface area contributed by atoms with Gasteiger partial charge in [-0.25, -0.2) is 0 Å². The van der Waals surface area contributed by atoms with Crippen LogP contribution in [-0.2, 0) is 0 Å². The van der Waals surface area contributed by atoms with E-state index in [2.05, 4.69) is 27.8 Å². The molecule has 1 nitrogen and oxygen atoms in total. The molecule has 0 fully saturated rings. The minimum absolute atomic E-state index is 0. The van der Waals surface area contributed by atoms with Gasteiger partial charge in [-0.3, -0.25) is 0 Å². The average Bonchev–Trinajstić information content (AvgIpc) is 2.64. The Morgan fingerprint density at radius 1 is 0.393 bits per heavy atom. The minimum Gasteiger partial charge on any atom is -0.326 e. The van der Waals surface area contributed by atoms with Crippen LogP contribution in [0.5, 0.6) is 0 Å². The Balaban J connectivity index is -0.00000312. The van der Waals surface area contributed by atoms with E-state index in [0.29, 0.717) is 0 Å². The van der Waals surface area contributed by atoms with E-state index in [1.165, 1.54) is 140 Å². The van der Waals surface area contributed by atoms with E-state index in [1.807, 2.05) is 0 Å². The van der Waals surface area contributed by atoms with Crippen LogP contribution in [0.25, 0.3) is 0 Å². The summed E-state index contributed by atoms with van der Waals surface area (Å²) < 4.78 is 1.36. The van der Waals surface area contributed by atoms with Gasteiger partial charge < -0.3 is 4.48 Å². The van der Waals surface area contributed by atoms with Crippen LogP contribution in [0.2, 0.25) is 0 Å². The monoisotopic (exact) mass is 516 g/mol. The van der Waals surface area contributed by atoms with Gasteiger partial charge in [0, 0.05) is 0 Å². The largest absolute Gasteiger partial charge is 1.00 e. The topological polar surface area (TPSA) is 0 Å². The number of rotatable bonds is 21. The summed E-state index contributed by atoms with van der Waals surface area (Å²) in [6, 6.07) is 0. The second-order valence-corrected chi connectivity index (χ2v) is 9.09. The van der Waals surface area contributed by atoms with Crippen LogP contribution >= 0.6 is 0 Å². The van der Waals surface area contributed by atoms with E-state index in [1.54, 1.807) is 0 Å². The van der Waals surface area contributed by atoms with Gasteiger partial charge in [-0.05, 0) is 38.5 Å². The normalized spacial score (nSPS) is 11.1. The third-order valence-corrected chi connectivity index (χ3v) is 6.15. The molecule has 0 atom stereocenters. The van der Waals surface area contributed by atoms with Crippen molar-refractivity contribution in [2.45, 2.75) is 136 Å². The molecule has 0 radical (unpaired) electrons. The predicted octanol–water partition coefficient (Wildman–Crippen LogP) is 4.07. The van der Waals surface area contributed by atoms with Gasteiger partial charge in [-0.15, -0.1) is 0 Å². The Morgan fingerprint density at radius 3 is 0.857 bits per heavy atom. The molecule has 0 aromatic rings. The van der Waals surface area contributed by atoms with Crippen LogP contribution in [0.1, 0.15) is 136 Å². The molecule has 0 saturated heterocycles. The van der Waals surface area contributed by atoms with Gasteiger partial charge in [0.05, 0.1) is 26.7 Å². The van der Waals surface area contributed by atoms with Crippen molar-refractivity contribution in [2.75, 3.05) is 26.7 Å². The molecular weight excluding hydrogens is 458 g/mol. The van der Waals surface area contributed by atoms with E-state index < -0.39 is 0 Å². The van der Waals surface area contributed by atoms with Gasteiger partial charge in [0.1, 0.15) is 0 Å². The zero-order chi connectivity index (χ0) is 19.3. The Labute approximate surface area is 241 Å². The summed E-state index contributed by atoms with van der Waals surface area (Å²) in [7, 11) is 2.56. The van der Waals surface area contributed by atoms with Crippen LogP contribution in [0, 0.1) is 0 Å². The third-order valence-electron chi connectivity index (χ3n) is 6.15. The maximum Gasteiger partial charge on any atom is 1.00 e. The molecule has 0 aliphatic heterocycles. The van der Waals surface area contributed by atoms with Crippen LogP contribution in [0.15, 0.2) is 0 Å². The summed E-state index contributed by atoms with van der Waals surface area (Å²) in [6.07, 6.45) is 25.9. The molecular formula is C25H58BCsN+. The summed E-state index contributed by atoms with van der Waals surface area (Å²) in [5, 5.41) is 0. The number of hydrogen-bond acceptors (Lipinski definition) is 0. The van der Waals surface area contributed by atoms with Crippen molar-refractivity contribution >= 4 is 8.41 Å². The van der Waals surface area contributed by atoms with Crippen molar-refractivity contribution in [2.24, 2.45) is 0 Å². The maximum absolute atomic E-state index is 2.56. The Bertz CT molecular complexity index is 232. The van der Waals surface area contributed by atoms with E-state index in [-0.39, 0.29) is 77.3 Å². The van der Waals surface area contributed by atoms with Gasteiger partial charge in [0.25, 0.3) is 0 Å². The second-order valence-electron chi connectivity index (χ2n) is 9.09. The minimum atomic E-state index is 0.